The number of rotatable bonds is 7. The summed E-state index contributed by atoms with van der Waals surface area (Å²) in [5.74, 6) is 0.703. The zero-order valence-corrected chi connectivity index (χ0v) is 16.1. The first-order valence-electron chi connectivity index (χ1n) is 9.56. The molecule has 2 aromatic carbocycles. The van der Waals surface area contributed by atoms with Crippen LogP contribution in [0.1, 0.15) is 34.5 Å². The van der Waals surface area contributed by atoms with E-state index in [1.165, 1.54) is 5.56 Å². The van der Waals surface area contributed by atoms with E-state index in [4.69, 9.17) is 9.47 Å². The predicted molar refractivity (Wildman–Crippen MR) is 106 cm³/mol. The Balaban J connectivity index is 1.72. The third-order valence-electron chi connectivity index (χ3n) is 4.76. The van der Waals surface area contributed by atoms with Crippen LogP contribution in [0.5, 0.6) is 5.75 Å². The molecular formula is C22H28N2O3. The number of hydrogen-bond donors (Lipinski definition) is 1. The van der Waals surface area contributed by atoms with E-state index in [-0.39, 0.29) is 11.9 Å². The van der Waals surface area contributed by atoms with Gasteiger partial charge in [0.05, 0.1) is 25.9 Å². The van der Waals surface area contributed by atoms with E-state index in [2.05, 4.69) is 41.4 Å². The highest BCUT2D eigenvalue weighted by Crippen LogP contribution is 2.18. The van der Waals surface area contributed by atoms with Crippen molar-refractivity contribution in [3.63, 3.8) is 0 Å². The van der Waals surface area contributed by atoms with Crippen molar-refractivity contribution in [2.24, 2.45) is 0 Å². The Morgan fingerprint density at radius 1 is 1.11 bits per heavy atom. The van der Waals surface area contributed by atoms with Crippen LogP contribution in [0.25, 0.3) is 0 Å². The lowest BCUT2D eigenvalue weighted by Gasteiger charge is -2.31. The smallest absolute Gasteiger partial charge is 0.251 e. The minimum atomic E-state index is -0.0723. The molecule has 1 heterocycles. The van der Waals surface area contributed by atoms with Crippen molar-refractivity contribution in [3.8, 4) is 5.75 Å². The molecule has 1 aliphatic heterocycles. The van der Waals surface area contributed by atoms with E-state index in [1.807, 2.05) is 19.1 Å². The maximum Gasteiger partial charge on any atom is 0.251 e. The van der Waals surface area contributed by atoms with Crippen molar-refractivity contribution in [3.05, 3.63) is 65.2 Å². The van der Waals surface area contributed by atoms with Crippen molar-refractivity contribution < 1.29 is 14.3 Å². The first-order valence-corrected chi connectivity index (χ1v) is 9.56. The zero-order valence-electron chi connectivity index (χ0n) is 16.1. The first-order chi connectivity index (χ1) is 13.2. The Bertz CT molecular complexity index is 722. The fourth-order valence-corrected chi connectivity index (χ4v) is 3.19. The van der Waals surface area contributed by atoms with Crippen LogP contribution in [-0.2, 0) is 4.74 Å². The molecule has 5 heteroatoms. The van der Waals surface area contributed by atoms with Crippen LogP contribution in [0, 0.1) is 6.92 Å². The van der Waals surface area contributed by atoms with Crippen molar-refractivity contribution in [1.29, 1.82) is 0 Å². The number of carbonyl (C=O) groups excluding carboxylic acids is 1. The number of nitrogens with zero attached hydrogens (tertiary/aromatic N) is 1. The summed E-state index contributed by atoms with van der Waals surface area (Å²) in [6, 6.07) is 15.6. The van der Waals surface area contributed by atoms with E-state index in [0.717, 1.165) is 44.2 Å². The van der Waals surface area contributed by atoms with Gasteiger partial charge in [-0.1, -0.05) is 29.8 Å². The summed E-state index contributed by atoms with van der Waals surface area (Å²) in [6.07, 6.45) is 0. The number of ether oxygens (including phenoxy) is 2. The van der Waals surface area contributed by atoms with Gasteiger partial charge >= 0.3 is 0 Å². The Morgan fingerprint density at radius 2 is 1.78 bits per heavy atom. The van der Waals surface area contributed by atoms with Crippen molar-refractivity contribution in [1.82, 2.24) is 10.2 Å². The maximum atomic E-state index is 12.8. The van der Waals surface area contributed by atoms with E-state index >= 15 is 0 Å². The van der Waals surface area contributed by atoms with Crippen LogP contribution in [0.4, 0.5) is 0 Å². The molecule has 1 aliphatic rings. The highest BCUT2D eigenvalue weighted by atomic mass is 16.5. The molecule has 2 aromatic rings. The molecule has 1 N–H and O–H groups in total. The lowest BCUT2D eigenvalue weighted by Crippen LogP contribution is -2.43. The SMILES string of the molecule is CCOc1ccc(C(=O)NC(CN2CCOCC2)c2ccc(C)cc2)cc1. The van der Waals surface area contributed by atoms with Crippen LogP contribution in [0.15, 0.2) is 48.5 Å². The Hall–Kier alpha value is -2.37. The minimum Gasteiger partial charge on any atom is -0.494 e. The largest absolute Gasteiger partial charge is 0.494 e. The summed E-state index contributed by atoms with van der Waals surface area (Å²) in [6.45, 7) is 8.66. The zero-order chi connectivity index (χ0) is 19.1. The Labute approximate surface area is 161 Å². The normalized spacial score (nSPS) is 15.9. The van der Waals surface area contributed by atoms with Crippen molar-refractivity contribution in [2.75, 3.05) is 39.5 Å². The Morgan fingerprint density at radius 3 is 2.41 bits per heavy atom. The quantitative estimate of drug-likeness (QED) is 0.815. The summed E-state index contributed by atoms with van der Waals surface area (Å²) in [7, 11) is 0. The predicted octanol–water partition coefficient (Wildman–Crippen LogP) is 3.20. The molecule has 5 nitrogen and oxygen atoms in total. The number of carbonyl (C=O) groups is 1. The Kier molecular flexibility index (Phi) is 6.85. The van der Waals surface area contributed by atoms with Crippen LogP contribution in [0.3, 0.4) is 0 Å². The summed E-state index contributed by atoms with van der Waals surface area (Å²) < 4.78 is 10.9. The van der Waals surface area contributed by atoms with Gasteiger partial charge in [-0.3, -0.25) is 9.69 Å². The van der Waals surface area contributed by atoms with E-state index in [0.29, 0.717) is 12.2 Å². The molecule has 0 saturated carbocycles. The number of aryl methyl sites for hydroxylation is 1. The van der Waals surface area contributed by atoms with Gasteiger partial charge in [-0.2, -0.15) is 0 Å². The second-order valence-corrected chi connectivity index (χ2v) is 6.81. The van der Waals surface area contributed by atoms with Gasteiger partial charge in [0.2, 0.25) is 0 Å². The average molecular weight is 368 g/mol. The second kappa shape index (κ2) is 9.53. The van der Waals surface area contributed by atoms with Crippen LogP contribution in [0.2, 0.25) is 0 Å². The lowest BCUT2D eigenvalue weighted by molar-refractivity contribution is 0.0332. The summed E-state index contributed by atoms with van der Waals surface area (Å²) in [5, 5.41) is 3.21. The summed E-state index contributed by atoms with van der Waals surface area (Å²) in [5.41, 5.74) is 2.96. The van der Waals surface area contributed by atoms with E-state index < -0.39 is 0 Å². The molecule has 0 spiro atoms. The highest BCUT2D eigenvalue weighted by molar-refractivity contribution is 5.94. The van der Waals surface area contributed by atoms with Gasteiger partial charge < -0.3 is 14.8 Å². The molecular weight excluding hydrogens is 340 g/mol. The molecule has 1 unspecified atom stereocenters. The molecule has 0 radical (unpaired) electrons. The molecule has 1 saturated heterocycles. The topological polar surface area (TPSA) is 50.8 Å². The molecule has 144 valence electrons. The van der Waals surface area contributed by atoms with E-state index in [9.17, 15) is 4.79 Å². The van der Waals surface area contributed by atoms with Gasteiger partial charge in [0, 0.05) is 25.2 Å². The minimum absolute atomic E-state index is 0.0669. The third kappa shape index (κ3) is 5.55. The molecule has 0 aliphatic carbocycles. The van der Waals surface area contributed by atoms with Gasteiger partial charge in [0.25, 0.3) is 5.91 Å². The lowest BCUT2D eigenvalue weighted by atomic mass is 10.0. The van der Waals surface area contributed by atoms with E-state index in [1.54, 1.807) is 12.1 Å². The number of nitrogens with one attached hydrogen (secondary N) is 1. The molecule has 0 aromatic heterocycles. The molecule has 3 rings (SSSR count). The molecule has 0 bridgehead atoms. The van der Waals surface area contributed by atoms with Gasteiger partial charge in [0.1, 0.15) is 5.75 Å². The summed E-state index contributed by atoms with van der Waals surface area (Å²) >= 11 is 0. The van der Waals surface area contributed by atoms with Crippen LogP contribution >= 0.6 is 0 Å². The van der Waals surface area contributed by atoms with Crippen molar-refractivity contribution >= 4 is 5.91 Å². The van der Waals surface area contributed by atoms with Gasteiger partial charge in [0.15, 0.2) is 0 Å². The van der Waals surface area contributed by atoms with Gasteiger partial charge in [-0.25, -0.2) is 0 Å². The number of benzene rings is 2. The van der Waals surface area contributed by atoms with Crippen molar-refractivity contribution in [2.45, 2.75) is 19.9 Å². The average Bonchev–Trinajstić information content (AvgIpc) is 2.70. The number of hydrogen-bond acceptors (Lipinski definition) is 4. The summed E-state index contributed by atoms with van der Waals surface area (Å²) in [4.78, 5) is 15.2. The van der Waals surface area contributed by atoms with Gasteiger partial charge in [-0.15, -0.1) is 0 Å². The first kappa shape index (κ1) is 19.4. The fraction of sp³-hybridized carbons (Fsp3) is 0.409. The molecule has 27 heavy (non-hydrogen) atoms. The molecule has 1 amide bonds. The van der Waals surface area contributed by atoms with Crippen LogP contribution in [-0.4, -0.2) is 50.3 Å². The number of morpholine rings is 1. The maximum absolute atomic E-state index is 12.8. The van der Waals surface area contributed by atoms with Gasteiger partial charge in [-0.05, 0) is 43.7 Å². The molecule has 1 fully saturated rings. The second-order valence-electron chi connectivity index (χ2n) is 6.81. The standard InChI is InChI=1S/C22H28N2O3/c1-3-27-20-10-8-19(9-11-20)22(25)23-21(16-24-12-14-26-15-13-24)18-6-4-17(2)5-7-18/h4-11,21H,3,12-16H2,1-2H3,(H,23,25). The highest BCUT2D eigenvalue weighted by Gasteiger charge is 2.20. The monoisotopic (exact) mass is 368 g/mol. The van der Waals surface area contributed by atoms with Crippen LogP contribution < -0.4 is 10.1 Å². The third-order valence-corrected chi connectivity index (χ3v) is 4.76. The fourth-order valence-electron chi connectivity index (χ4n) is 3.19. The molecule has 1 atom stereocenters. The number of amides is 1.